The first-order valence-electron chi connectivity index (χ1n) is 11.3. The molecule has 0 bridgehead atoms. The van der Waals surface area contributed by atoms with Crippen molar-refractivity contribution in [3.05, 3.63) is 105 Å². The molecule has 31 heavy (non-hydrogen) atoms. The van der Waals surface area contributed by atoms with Gasteiger partial charge < -0.3 is 0 Å². The molecule has 4 rings (SSSR count). The Labute approximate surface area is 184 Å². The predicted molar refractivity (Wildman–Crippen MR) is 126 cm³/mol. The highest BCUT2D eigenvalue weighted by atomic mass is 19.1. The SMILES string of the molecule is CCC(c1ccc(F)cc1C)C(c1ccc(C)cc1)c1ccc(N=O)cc1C1CCC1. The summed E-state index contributed by atoms with van der Waals surface area (Å²) in [6, 6.07) is 19.9. The fraction of sp³-hybridized carbons (Fsp3) is 0.357. The molecule has 2 nitrogen and oxygen atoms in total. The molecule has 3 aromatic carbocycles. The molecule has 0 amide bonds. The van der Waals surface area contributed by atoms with Crippen molar-refractivity contribution in [2.75, 3.05) is 0 Å². The lowest BCUT2D eigenvalue weighted by Crippen LogP contribution is -2.19. The van der Waals surface area contributed by atoms with E-state index in [0.717, 1.165) is 24.8 Å². The predicted octanol–water partition coefficient (Wildman–Crippen LogP) is 8.43. The van der Waals surface area contributed by atoms with Gasteiger partial charge in [-0.15, -0.1) is 4.91 Å². The van der Waals surface area contributed by atoms with Crippen molar-refractivity contribution in [1.29, 1.82) is 0 Å². The van der Waals surface area contributed by atoms with Crippen molar-refractivity contribution in [3.8, 4) is 0 Å². The van der Waals surface area contributed by atoms with E-state index in [1.165, 1.54) is 34.2 Å². The summed E-state index contributed by atoms with van der Waals surface area (Å²) >= 11 is 0. The van der Waals surface area contributed by atoms with Crippen LogP contribution in [0, 0.1) is 24.6 Å². The number of benzene rings is 3. The van der Waals surface area contributed by atoms with E-state index in [0.29, 0.717) is 11.6 Å². The molecule has 2 unspecified atom stereocenters. The van der Waals surface area contributed by atoms with Gasteiger partial charge in [-0.2, -0.15) is 0 Å². The average Bonchev–Trinajstić information content (AvgIpc) is 2.73. The summed E-state index contributed by atoms with van der Waals surface area (Å²) in [6.07, 6.45) is 4.47. The highest BCUT2D eigenvalue weighted by Crippen LogP contribution is 2.48. The van der Waals surface area contributed by atoms with Crippen LogP contribution in [0.2, 0.25) is 0 Å². The van der Waals surface area contributed by atoms with Crippen LogP contribution in [0.1, 0.15) is 83.7 Å². The fourth-order valence-corrected chi connectivity index (χ4v) is 5.07. The Bertz CT molecular complexity index is 1070. The van der Waals surface area contributed by atoms with Crippen molar-refractivity contribution >= 4 is 5.69 Å². The first kappa shape index (κ1) is 21.4. The summed E-state index contributed by atoms with van der Waals surface area (Å²) in [5, 5.41) is 3.21. The Morgan fingerprint density at radius 1 is 0.968 bits per heavy atom. The number of aryl methyl sites for hydroxylation is 2. The molecule has 1 fully saturated rings. The maximum atomic E-state index is 13.9. The van der Waals surface area contributed by atoms with Crippen LogP contribution in [-0.4, -0.2) is 0 Å². The second-order valence-corrected chi connectivity index (χ2v) is 8.94. The third kappa shape index (κ3) is 4.32. The van der Waals surface area contributed by atoms with Crippen molar-refractivity contribution in [1.82, 2.24) is 0 Å². The summed E-state index contributed by atoms with van der Waals surface area (Å²) in [5.74, 6) is 0.624. The van der Waals surface area contributed by atoms with E-state index in [1.807, 2.05) is 25.1 Å². The van der Waals surface area contributed by atoms with Crippen LogP contribution >= 0.6 is 0 Å². The Morgan fingerprint density at radius 3 is 2.26 bits per heavy atom. The lowest BCUT2D eigenvalue weighted by atomic mass is 9.69. The smallest absolute Gasteiger partial charge is 0.123 e. The molecule has 0 N–H and O–H groups in total. The number of hydrogen-bond donors (Lipinski definition) is 0. The number of halogens is 1. The van der Waals surface area contributed by atoms with E-state index >= 15 is 0 Å². The Hall–Kier alpha value is -2.81. The van der Waals surface area contributed by atoms with Crippen molar-refractivity contribution in [2.24, 2.45) is 5.18 Å². The molecular weight excluding hydrogens is 385 g/mol. The van der Waals surface area contributed by atoms with Gasteiger partial charge in [-0.25, -0.2) is 4.39 Å². The minimum absolute atomic E-state index is 0.131. The van der Waals surface area contributed by atoms with E-state index in [2.05, 4.69) is 49.4 Å². The summed E-state index contributed by atoms with van der Waals surface area (Å²) in [7, 11) is 0. The molecule has 2 atom stereocenters. The molecular formula is C28H30FNO. The monoisotopic (exact) mass is 415 g/mol. The second-order valence-electron chi connectivity index (χ2n) is 8.94. The fourth-order valence-electron chi connectivity index (χ4n) is 5.07. The lowest BCUT2D eigenvalue weighted by Gasteiger charge is -2.35. The number of nitroso groups, excluding NO2 is 1. The van der Waals surface area contributed by atoms with E-state index in [9.17, 15) is 9.30 Å². The highest BCUT2D eigenvalue weighted by Gasteiger charge is 2.32. The summed E-state index contributed by atoms with van der Waals surface area (Å²) in [6.45, 7) is 6.31. The molecule has 1 aliphatic carbocycles. The topological polar surface area (TPSA) is 29.4 Å². The standard InChI is InChI=1S/C28H30FNO/c1-4-24(25-14-12-22(29)16-19(25)3)28(21-10-8-18(2)9-11-21)26-15-13-23(30-31)17-27(26)20-6-5-7-20/h8-17,20,24,28H,4-7H2,1-3H3. The lowest BCUT2D eigenvalue weighted by molar-refractivity contribution is 0.414. The molecule has 0 saturated heterocycles. The summed E-state index contributed by atoms with van der Waals surface area (Å²) in [4.78, 5) is 11.3. The third-order valence-electron chi connectivity index (χ3n) is 6.97. The minimum Gasteiger partial charge on any atom is -0.207 e. The third-order valence-corrected chi connectivity index (χ3v) is 6.97. The van der Waals surface area contributed by atoms with Crippen LogP contribution in [-0.2, 0) is 0 Å². The van der Waals surface area contributed by atoms with Gasteiger partial charge in [0, 0.05) is 5.92 Å². The van der Waals surface area contributed by atoms with Crippen LogP contribution in [0.25, 0.3) is 0 Å². The number of rotatable bonds is 7. The van der Waals surface area contributed by atoms with Crippen LogP contribution in [0.4, 0.5) is 10.1 Å². The molecule has 0 aromatic heterocycles. The quantitative estimate of drug-likeness (QED) is 0.356. The van der Waals surface area contributed by atoms with Gasteiger partial charge in [0.15, 0.2) is 0 Å². The number of hydrogen-bond acceptors (Lipinski definition) is 2. The van der Waals surface area contributed by atoms with Crippen LogP contribution in [0.5, 0.6) is 0 Å². The molecule has 1 aliphatic rings. The first-order chi connectivity index (χ1) is 15.0. The largest absolute Gasteiger partial charge is 0.207 e. The van der Waals surface area contributed by atoms with Gasteiger partial charge in [-0.3, -0.25) is 0 Å². The van der Waals surface area contributed by atoms with Crippen molar-refractivity contribution < 1.29 is 4.39 Å². The molecule has 0 heterocycles. The molecule has 0 spiro atoms. The van der Waals surface area contributed by atoms with Crippen molar-refractivity contribution in [3.63, 3.8) is 0 Å². The molecule has 3 aromatic rings. The van der Waals surface area contributed by atoms with E-state index in [-0.39, 0.29) is 17.7 Å². The maximum absolute atomic E-state index is 13.9. The van der Waals surface area contributed by atoms with Gasteiger partial charge in [0.2, 0.25) is 0 Å². The zero-order valence-corrected chi connectivity index (χ0v) is 18.6. The van der Waals surface area contributed by atoms with Gasteiger partial charge in [0.1, 0.15) is 11.5 Å². The number of nitrogens with zero attached hydrogens (tertiary/aromatic N) is 1. The molecule has 1 saturated carbocycles. The van der Waals surface area contributed by atoms with Crippen LogP contribution in [0.3, 0.4) is 0 Å². The first-order valence-corrected chi connectivity index (χ1v) is 11.3. The van der Waals surface area contributed by atoms with Crippen LogP contribution < -0.4 is 0 Å². The zero-order valence-electron chi connectivity index (χ0n) is 18.6. The second kappa shape index (κ2) is 9.13. The van der Waals surface area contributed by atoms with E-state index < -0.39 is 0 Å². The van der Waals surface area contributed by atoms with Gasteiger partial charge >= 0.3 is 0 Å². The highest BCUT2D eigenvalue weighted by molar-refractivity contribution is 5.51. The van der Waals surface area contributed by atoms with Gasteiger partial charge in [-0.05, 0) is 102 Å². The molecule has 0 radical (unpaired) electrons. The zero-order chi connectivity index (χ0) is 22.0. The van der Waals surface area contributed by atoms with Gasteiger partial charge in [-0.1, -0.05) is 55.3 Å². The molecule has 160 valence electrons. The summed E-state index contributed by atoms with van der Waals surface area (Å²) < 4.78 is 13.9. The molecule has 0 aliphatic heterocycles. The Morgan fingerprint density at radius 2 is 1.68 bits per heavy atom. The maximum Gasteiger partial charge on any atom is 0.123 e. The van der Waals surface area contributed by atoms with Gasteiger partial charge in [0.05, 0.1) is 0 Å². The van der Waals surface area contributed by atoms with Crippen LogP contribution in [0.15, 0.2) is 65.8 Å². The Balaban J connectivity index is 1.91. The average molecular weight is 416 g/mol. The van der Waals surface area contributed by atoms with E-state index in [1.54, 1.807) is 12.1 Å². The molecule has 3 heteroatoms. The Kier molecular flexibility index (Phi) is 6.31. The minimum atomic E-state index is -0.195. The van der Waals surface area contributed by atoms with E-state index in [4.69, 9.17) is 0 Å². The van der Waals surface area contributed by atoms with Crippen molar-refractivity contribution in [2.45, 2.75) is 64.2 Å². The normalized spacial score (nSPS) is 15.9. The summed E-state index contributed by atoms with van der Waals surface area (Å²) in [5.41, 5.74) is 7.69. The van der Waals surface area contributed by atoms with Gasteiger partial charge in [0.25, 0.3) is 0 Å².